The number of amides is 1. The predicted octanol–water partition coefficient (Wildman–Crippen LogP) is 2.55. The van der Waals surface area contributed by atoms with Crippen LogP contribution < -0.4 is 0 Å². The van der Waals surface area contributed by atoms with Gasteiger partial charge in [0.15, 0.2) is 5.69 Å². The molecule has 0 fully saturated rings. The van der Waals surface area contributed by atoms with E-state index in [0.29, 0.717) is 0 Å². The van der Waals surface area contributed by atoms with Crippen LogP contribution in [0.2, 0.25) is 0 Å². The van der Waals surface area contributed by atoms with Crippen LogP contribution in [-0.2, 0) is 6.42 Å². The van der Waals surface area contributed by atoms with E-state index in [2.05, 4.69) is 11.1 Å². The maximum Gasteiger partial charge on any atom is 0.276 e. The molecule has 19 heavy (non-hydrogen) atoms. The normalized spacial score (nSPS) is 12.1. The largest absolute Gasteiger partial charge is 0.505 e. The topological polar surface area (TPSA) is 53.4 Å². The van der Waals surface area contributed by atoms with E-state index in [1.165, 1.54) is 17.1 Å². The molecule has 1 N–H and O–H groups in total. The van der Waals surface area contributed by atoms with Crippen LogP contribution in [0.4, 0.5) is 0 Å². The zero-order valence-corrected chi connectivity index (χ0v) is 11.7. The zero-order valence-electron chi connectivity index (χ0n) is 10.9. The Morgan fingerprint density at radius 2 is 2.26 bits per heavy atom. The molecule has 2 aromatic heterocycles. The number of nitrogens with zero attached hydrogens (tertiary/aromatic N) is 2. The third-order valence-electron chi connectivity index (χ3n) is 3.05. The molecule has 1 atom stereocenters. The quantitative estimate of drug-likeness (QED) is 0.933. The molecule has 2 aromatic rings. The van der Waals surface area contributed by atoms with Gasteiger partial charge in [0.25, 0.3) is 5.91 Å². The van der Waals surface area contributed by atoms with Crippen LogP contribution in [0.15, 0.2) is 35.8 Å². The number of thiophene rings is 1. The van der Waals surface area contributed by atoms with Crippen LogP contribution in [0.3, 0.4) is 0 Å². The van der Waals surface area contributed by atoms with Gasteiger partial charge in [-0.15, -0.1) is 11.3 Å². The first-order valence-electron chi connectivity index (χ1n) is 6.03. The van der Waals surface area contributed by atoms with Crippen LogP contribution in [0.5, 0.6) is 5.75 Å². The van der Waals surface area contributed by atoms with Gasteiger partial charge < -0.3 is 10.0 Å². The molecule has 4 nitrogen and oxygen atoms in total. The second kappa shape index (κ2) is 5.84. The summed E-state index contributed by atoms with van der Waals surface area (Å²) in [6.07, 6.45) is 2.30. The summed E-state index contributed by atoms with van der Waals surface area (Å²) >= 11 is 1.68. The molecule has 2 heterocycles. The minimum absolute atomic E-state index is 0.0487. The van der Waals surface area contributed by atoms with Crippen molar-refractivity contribution in [1.29, 1.82) is 0 Å². The van der Waals surface area contributed by atoms with Crippen molar-refractivity contribution < 1.29 is 9.90 Å². The number of aromatic hydroxyl groups is 1. The smallest absolute Gasteiger partial charge is 0.276 e. The Bertz CT molecular complexity index is 554. The van der Waals surface area contributed by atoms with Gasteiger partial charge in [0.2, 0.25) is 0 Å². The lowest BCUT2D eigenvalue weighted by atomic mass is 10.1. The minimum Gasteiger partial charge on any atom is -0.505 e. The molecule has 0 aliphatic rings. The van der Waals surface area contributed by atoms with Gasteiger partial charge in [0.1, 0.15) is 5.75 Å². The van der Waals surface area contributed by atoms with E-state index in [-0.39, 0.29) is 23.4 Å². The van der Waals surface area contributed by atoms with Crippen molar-refractivity contribution >= 4 is 17.2 Å². The highest BCUT2D eigenvalue weighted by atomic mass is 32.1. The monoisotopic (exact) mass is 276 g/mol. The molecular weight excluding hydrogens is 260 g/mol. The van der Waals surface area contributed by atoms with Crippen molar-refractivity contribution in [3.63, 3.8) is 0 Å². The molecule has 100 valence electrons. The molecule has 0 spiro atoms. The molecule has 0 aliphatic heterocycles. The number of carbonyl (C=O) groups excluding carboxylic acids is 1. The van der Waals surface area contributed by atoms with Gasteiger partial charge in [0.05, 0.1) is 0 Å². The Labute approximate surface area is 116 Å². The molecule has 1 unspecified atom stereocenters. The summed E-state index contributed by atoms with van der Waals surface area (Å²) in [5.41, 5.74) is 0.100. The zero-order chi connectivity index (χ0) is 13.8. The van der Waals surface area contributed by atoms with Crippen molar-refractivity contribution in [2.24, 2.45) is 0 Å². The summed E-state index contributed by atoms with van der Waals surface area (Å²) in [5.74, 6) is -0.343. The van der Waals surface area contributed by atoms with Crippen LogP contribution in [-0.4, -0.2) is 34.0 Å². The fraction of sp³-hybridized carbons (Fsp3) is 0.286. The molecule has 0 saturated carbocycles. The molecule has 2 rings (SSSR count). The van der Waals surface area contributed by atoms with Crippen LogP contribution >= 0.6 is 11.3 Å². The number of hydrogen-bond donors (Lipinski definition) is 1. The molecule has 0 bridgehead atoms. The lowest BCUT2D eigenvalue weighted by molar-refractivity contribution is 0.0734. The van der Waals surface area contributed by atoms with Crippen LogP contribution in [0, 0.1) is 0 Å². The number of hydrogen-bond acceptors (Lipinski definition) is 4. The number of carbonyl (C=O) groups is 1. The fourth-order valence-electron chi connectivity index (χ4n) is 1.79. The van der Waals surface area contributed by atoms with Crippen LogP contribution in [0.25, 0.3) is 0 Å². The molecule has 0 saturated heterocycles. The predicted molar refractivity (Wildman–Crippen MR) is 75.5 cm³/mol. The van der Waals surface area contributed by atoms with E-state index in [4.69, 9.17) is 0 Å². The summed E-state index contributed by atoms with van der Waals surface area (Å²) in [5, 5.41) is 11.7. The van der Waals surface area contributed by atoms with E-state index in [9.17, 15) is 9.90 Å². The van der Waals surface area contributed by atoms with E-state index >= 15 is 0 Å². The minimum atomic E-state index is -0.262. The number of rotatable bonds is 4. The second-order valence-corrected chi connectivity index (χ2v) is 5.45. The summed E-state index contributed by atoms with van der Waals surface area (Å²) in [7, 11) is 1.73. The highest BCUT2D eigenvalue weighted by Gasteiger charge is 2.21. The Balaban J connectivity index is 2.09. The van der Waals surface area contributed by atoms with Crippen molar-refractivity contribution in [3.05, 3.63) is 46.4 Å². The van der Waals surface area contributed by atoms with Gasteiger partial charge in [-0.2, -0.15) is 0 Å². The van der Waals surface area contributed by atoms with E-state index in [1.807, 2.05) is 18.4 Å². The van der Waals surface area contributed by atoms with E-state index < -0.39 is 0 Å². The van der Waals surface area contributed by atoms with Gasteiger partial charge in [-0.25, -0.2) is 4.98 Å². The van der Waals surface area contributed by atoms with Crippen molar-refractivity contribution in [1.82, 2.24) is 9.88 Å². The molecular formula is C14H16N2O2S. The van der Waals surface area contributed by atoms with Gasteiger partial charge in [-0.05, 0) is 30.5 Å². The first kappa shape index (κ1) is 13.5. The van der Waals surface area contributed by atoms with Crippen molar-refractivity contribution in [2.75, 3.05) is 7.05 Å². The lowest BCUT2D eigenvalue weighted by Crippen LogP contribution is -2.36. The Morgan fingerprint density at radius 1 is 1.47 bits per heavy atom. The Kier molecular flexibility index (Phi) is 4.16. The first-order valence-corrected chi connectivity index (χ1v) is 6.91. The fourth-order valence-corrected chi connectivity index (χ4v) is 2.61. The maximum absolute atomic E-state index is 12.2. The molecule has 0 aliphatic carbocycles. The number of pyridine rings is 1. The standard InChI is InChI=1S/C14H16N2O2S/c1-10(9-11-5-4-8-19-11)16(2)14(18)13-12(17)6-3-7-15-13/h3-8,10,17H,9H2,1-2H3. The molecule has 0 aromatic carbocycles. The van der Waals surface area contributed by atoms with Gasteiger partial charge in [-0.1, -0.05) is 6.07 Å². The molecule has 1 amide bonds. The summed E-state index contributed by atoms with van der Waals surface area (Å²) in [4.78, 5) is 19.0. The molecule has 5 heteroatoms. The van der Waals surface area contributed by atoms with Crippen molar-refractivity contribution in [2.45, 2.75) is 19.4 Å². The Morgan fingerprint density at radius 3 is 2.89 bits per heavy atom. The first-order chi connectivity index (χ1) is 9.09. The van der Waals surface area contributed by atoms with Gasteiger partial charge in [0, 0.05) is 30.6 Å². The second-order valence-electron chi connectivity index (χ2n) is 4.42. The third kappa shape index (κ3) is 3.12. The van der Waals surface area contributed by atoms with E-state index in [1.54, 1.807) is 29.4 Å². The van der Waals surface area contributed by atoms with Gasteiger partial charge >= 0.3 is 0 Å². The summed E-state index contributed by atoms with van der Waals surface area (Å²) < 4.78 is 0. The highest BCUT2D eigenvalue weighted by Crippen LogP contribution is 2.18. The summed E-state index contributed by atoms with van der Waals surface area (Å²) in [6, 6.07) is 7.17. The lowest BCUT2D eigenvalue weighted by Gasteiger charge is -2.24. The number of likely N-dealkylation sites (N-methyl/N-ethyl adjacent to an activating group) is 1. The SMILES string of the molecule is CC(Cc1cccs1)N(C)C(=O)c1ncccc1O. The Hall–Kier alpha value is -1.88. The average Bonchev–Trinajstić information content (AvgIpc) is 2.90. The van der Waals surface area contributed by atoms with Gasteiger partial charge in [-0.3, -0.25) is 4.79 Å². The highest BCUT2D eigenvalue weighted by molar-refractivity contribution is 7.09. The van der Waals surface area contributed by atoms with E-state index in [0.717, 1.165) is 6.42 Å². The molecule has 0 radical (unpaired) electrons. The maximum atomic E-state index is 12.2. The van der Waals surface area contributed by atoms with Crippen molar-refractivity contribution in [3.8, 4) is 5.75 Å². The summed E-state index contributed by atoms with van der Waals surface area (Å²) in [6.45, 7) is 1.98. The third-order valence-corrected chi connectivity index (χ3v) is 3.95. The average molecular weight is 276 g/mol. The number of aromatic nitrogens is 1. The van der Waals surface area contributed by atoms with Crippen LogP contribution in [0.1, 0.15) is 22.3 Å².